The fourth-order valence-electron chi connectivity index (χ4n) is 1.43. The van der Waals surface area contributed by atoms with Gasteiger partial charge in [-0.15, -0.1) is 0 Å². The molecule has 0 aliphatic rings. The molecule has 0 unspecified atom stereocenters. The van der Waals surface area contributed by atoms with Gasteiger partial charge in [0.25, 0.3) is 0 Å². The van der Waals surface area contributed by atoms with Gasteiger partial charge in [0.2, 0.25) is 0 Å². The molecule has 0 spiro atoms. The highest BCUT2D eigenvalue weighted by atomic mass is 16.5. The monoisotopic (exact) mass is 233 g/mol. The Hall–Kier alpha value is -1.88. The molecule has 17 heavy (non-hydrogen) atoms. The molecule has 1 N–H and O–H groups in total. The topological polar surface area (TPSA) is 60.2 Å². The van der Waals surface area contributed by atoms with Gasteiger partial charge in [0.15, 0.2) is 5.82 Å². The fraction of sp³-hybridized carbons (Fsp3) is 0.333. The molecule has 0 saturated heterocycles. The third kappa shape index (κ3) is 3.57. The first-order chi connectivity index (χ1) is 8.38. The predicted molar refractivity (Wildman–Crippen MR) is 62.7 cm³/mol. The average Bonchev–Trinajstić information content (AvgIpc) is 2.79. The number of aliphatic hydroxyl groups excluding tert-OH is 1. The van der Waals surface area contributed by atoms with Gasteiger partial charge in [0.05, 0.1) is 19.8 Å². The van der Waals surface area contributed by atoms with Crippen molar-refractivity contribution in [3.63, 3.8) is 0 Å². The minimum absolute atomic E-state index is 0.0727. The molecule has 0 fully saturated rings. The van der Waals surface area contributed by atoms with E-state index in [1.165, 1.54) is 0 Å². The van der Waals surface area contributed by atoms with Gasteiger partial charge < -0.3 is 9.84 Å². The van der Waals surface area contributed by atoms with E-state index in [2.05, 4.69) is 10.1 Å². The minimum atomic E-state index is 0.0727. The van der Waals surface area contributed by atoms with Gasteiger partial charge in [0.1, 0.15) is 12.1 Å². The predicted octanol–water partition coefficient (Wildman–Crippen LogP) is 0.892. The van der Waals surface area contributed by atoms with Crippen LogP contribution in [0.5, 0.6) is 5.75 Å². The molecule has 1 heterocycles. The lowest BCUT2D eigenvalue weighted by molar-refractivity contribution is 0.268. The summed E-state index contributed by atoms with van der Waals surface area (Å²) in [5.74, 6) is 1.58. The lowest BCUT2D eigenvalue weighted by Gasteiger charge is -2.03. The van der Waals surface area contributed by atoms with Crippen LogP contribution in [0.1, 0.15) is 5.82 Å². The highest BCUT2D eigenvalue weighted by Gasteiger charge is 2.01. The van der Waals surface area contributed by atoms with E-state index < -0.39 is 0 Å². The first kappa shape index (κ1) is 11.6. The molecule has 90 valence electrons. The molecule has 0 aliphatic heterocycles. The maximum absolute atomic E-state index is 8.74. The van der Waals surface area contributed by atoms with Gasteiger partial charge in [-0.25, -0.2) is 4.98 Å². The van der Waals surface area contributed by atoms with Gasteiger partial charge in [0, 0.05) is 6.42 Å². The summed E-state index contributed by atoms with van der Waals surface area (Å²) in [5, 5.41) is 12.9. The van der Waals surface area contributed by atoms with Crippen LogP contribution in [0.25, 0.3) is 0 Å². The van der Waals surface area contributed by atoms with Crippen molar-refractivity contribution in [2.45, 2.75) is 13.0 Å². The van der Waals surface area contributed by atoms with Gasteiger partial charge in [-0.1, -0.05) is 18.2 Å². The van der Waals surface area contributed by atoms with E-state index in [4.69, 9.17) is 9.84 Å². The molecule has 5 nitrogen and oxygen atoms in total. The molecule has 1 aromatic carbocycles. The third-order valence-electron chi connectivity index (χ3n) is 2.25. The van der Waals surface area contributed by atoms with Crippen LogP contribution in [-0.4, -0.2) is 33.1 Å². The Bertz CT molecular complexity index is 442. The number of nitrogens with zero attached hydrogens (tertiary/aromatic N) is 3. The van der Waals surface area contributed by atoms with Crippen molar-refractivity contribution in [2.75, 3.05) is 13.2 Å². The van der Waals surface area contributed by atoms with E-state index in [1.807, 2.05) is 30.3 Å². The number of hydrogen-bond acceptors (Lipinski definition) is 4. The second-order valence-corrected chi connectivity index (χ2v) is 3.56. The summed E-state index contributed by atoms with van der Waals surface area (Å²) in [6.07, 6.45) is 2.28. The summed E-state index contributed by atoms with van der Waals surface area (Å²) < 4.78 is 7.16. The molecule has 0 bridgehead atoms. The Labute approximate surface area is 99.7 Å². The van der Waals surface area contributed by atoms with Crippen LogP contribution in [0, 0.1) is 0 Å². The number of para-hydroxylation sites is 1. The van der Waals surface area contributed by atoms with Crippen molar-refractivity contribution in [1.29, 1.82) is 0 Å². The summed E-state index contributed by atoms with van der Waals surface area (Å²) in [4.78, 5) is 4.13. The van der Waals surface area contributed by atoms with Crippen molar-refractivity contribution < 1.29 is 9.84 Å². The summed E-state index contributed by atoms with van der Waals surface area (Å²) in [6, 6.07) is 9.65. The van der Waals surface area contributed by atoms with Crippen LogP contribution in [-0.2, 0) is 13.0 Å². The molecule has 2 rings (SSSR count). The Morgan fingerprint density at radius 1 is 1.24 bits per heavy atom. The Morgan fingerprint density at radius 3 is 2.82 bits per heavy atom. The van der Waals surface area contributed by atoms with Crippen LogP contribution in [0.3, 0.4) is 0 Å². The van der Waals surface area contributed by atoms with Crippen molar-refractivity contribution >= 4 is 0 Å². The lowest BCUT2D eigenvalue weighted by atomic mass is 10.3. The van der Waals surface area contributed by atoms with Gasteiger partial charge in [-0.2, -0.15) is 5.10 Å². The number of aromatic nitrogens is 3. The molecular weight excluding hydrogens is 218 g/mol. The number of hydrogen-bond donors (Lipinski definition) is 1. The Balaban J connectivity index is 1.78. The van der Waals surface area contributed by atoms with Crippen LogP contribution >= 0.6 is 0 Å². The van der Waals surface area contributed by atoms with Gasteiger partial charge in [-0.3, -0.25) is 4.68 Å². The molecule has 0 amide bonds. The molecule has 0 radical (unpaired) electrons. The largest absolute Gasteiger partial charge is 0.493 e. The zero-order valence-electron chi connectivity index (χ0n) is 9.49. The smallest absolute Gasteiger partial charge is 0.153 e. The summed E-state index contributed by atoms with van der Waals surface area (Å²) >= 11 is 0. The first-order valence-electron chi connectivity index (χ1n) is 5.55. The lowest BCUT2D eigenvalue weighted by Crippen LogP contribution is -2.05. The van der Waals surface area contributed by atoms with Crippen molar-refractivity contribution in [2.24, 2.45) is 0 Å². The zero-order chi connectivity index (χ0) is 11.9. The number of ether oxygens (including phenoxy) is 1. The van der Waals surface area contributed by atoms with Crippen LogP contribution in [0.4, 0.5) is 0 Å². The van der Waals surface area contributed by atoms with Crippen molar-refractivity contribution in [3.05, 3.63) is 42.5 Å². The Kier molecular flexibility index (Phi) is 4.10. The quantitative estimate of drug-likeness (QED) is 0.805. The van der Waals surface area contributed by atoms with E-state index in [0.717, 1.165) is 11.6 Å². The summed E-state index contributed by atoms with van der Waals surface area (Å²) in [7, 11) is 0. The first-order valence-corrected chi connectivity index (χ1v) is 5.55. The molecule has 0 aliphatic carbocycles. The van der Waals surface area contributed by atoms with E-state index in [0.29, 0.717) is 19.6 Å². The fourth-order valence-corrected chi connectivity index (χ4v) is 1.43. The second-order valence-electron chi connectivity index (χ2n) is 3.56. The molecule has 1 aromatic heterocycles. The normalized spacial score (nSPS) is 10.4. The van der Waals surface area contributed by atoms with Crippen LogP contribution in [0.2, 0.25) is 0 Å². The van der Waals surface area contributed by atoms with Crippen molar-refractivity contribution in [1.82, 2.24) is 14.8 Å². The van der Waals surface area contributed by atoms with E-state index in [1.54, 1.807) is 11.0 Å². The standard InChI is InChI=1S/C12H15N3O2/c16-8-7-15-10-13-12(14-15)6-9-17-11-4-2-1-3-5-11/h1-5,10,16H,6-9H2. The van der Waals surface area contributed by atoms with Gasteiger partial charge >= 0.3 is 0 Å². The third-order valence-corrected chi connectivity index (χ3v) is 2.25. The highest BCUT2D eigenvalue weighted by Crippen LogP contribution is 2.08. The zero-order valence-corrected chi connectivity index (χ0v) is 9.49. The maximum atomic E-state index is 8.74. The SMILES string of the molecule is OCCn1cnc(CCOc2ccccc2)n1. The molecular formula is C12H15N3O2. The molecule has 5 heteroatoms. The van der Waals surface area contributed by atoms with Crippen LogP contribution in [0.15, 0.2) is 36.7 Å². The van der Waals surface area contributed by atoms with E-state index >= 15 is 0 Å². The molecule has 0 atom stereocenters. The van der Waals surface area contributed by atoms with E-state index in [-0.39, 0.29) is 6.61 Å². The average molecular weight is 233 g/mol. The number of aliphatic hydroxyl groups is 1. The Morgan fingerprint density at radius 2 is 2.06 bits per heavy atom. The summed E-state index contributed by atoms with van der Waals surface area (Å²) in [6.45, 7) is 1.10. The number of rotatable bonds is 6. The minimum Gasteiger partial charge on any atom is -0.493 e. The molecule has 2 aromatic rings. The maximum Gasteiger partial charge on any atom is 0.153 e. The van der Waals surface area contributed by atoms with Gasteiger partial charge in [-0.05, 0) is 12.1 Å². The summed E-state index contributed by atoms with van der Waals surface area (Å²) in [5.41, 5.74) is 0. The van der Waals surface area contributed by atoms with Crippen LogP contribution < -0.4 is 4.74 Å². The number of benzene rings is 1. The van der Waals surface area contributed by atoms with Crippen molar-refractivity contribution in [3.8, 4) is 5.75 Å². The molecule has 0 saturated carbocycles. The second kappa shape index (κ2) is 6.00. The highest BCUT2D eigenvalue weighted by molar-refractivity contribution is 5.20. The van der Waals surface area contributed by atoms with E-state index in [9.17, 15) is 0 Å².